The van der Waals surface area contributed by atoms with Crippen LogP contribution in [0.3, 0.4) is 0 Å². The van der Waals surface area contributed by atoms with Gasteiger partial charge in [-0.3, -0.25) is 24.4 Å². The van der Waals surface area contributed by atoms with Crippen molar-refractivity contribution in [3.8, 4) is 22.7 Å². The molecule has 2 aromatic carbocycles. The van der Waals surface area contributed by atoms with Crippen LogP contribution in [0.15, 0.2) is 95.9 Å². The smallest absolute Gasteiger partial charge is 0.274 e. The Bertz CT molecular complexity index is 2670. The monoisotopic (exact) mass is 852 g/mol. The molecule has 0 aliphatic heterocycles. The number of hydrogen-bond donors (Lipinski definition) is 8. The second-order valence-electron chi connectivity index (χ2n) is 14.5. The summed E-state index contributed by atoms with van der Waals surface area (Å²) in [6.45, 7) is 6.87. The number of nitrogens with two attached hydrogens (primary N) is 1. The average molecular weight is 853 g/mol. The first kappa shape index (κ1) is 43.5. The first-order chi connectivity index (χ1) is 30.7. The Morgan fingerprint density at radius 2 is 1.37 bits per heavy atom. The van der Waals surface area contributed by atoms with Crippen LogP contribution in [0.4, 0.5) is 23.3 Å². The minimum Gasteiger partial charge on any atom is -0.461 e. The number of benzene rings is 2. The van der Waals surface area contributed by atoms with Crippen LogP contribution in [0.2, 0.25) is 0 Å². The number of fused-ring (bicyclic) bond motifs is 1. The van der Waals surface area contributed by atoms with Gasteiger partial charge in [-0.15, -0.1) is 5.10 Å². The van der Waals surface area contributed by atoms with E-state index in [2.05, 4.69) is 61.9 Å². The minimum atomic E-state index is -0.346. The van der Waals surface area contributed by atoms with Gasteiger partial charge in [-0.1, -0.05) is 36.4 Å². The summed E-state index contributed by atoms with van der Waals surface area (Å²) in [4.78, 5) is 60.4. The van der Waals surface area contributed by atoms with Crippen molar-refractivity contribution >= 4 is 46.8 Å². The Morgan fingerprint density at radius 3 is 1.94 bits per heavy atom. The lowest BCUT2D eigenvalue weighted by Gasteiger charge is -2.17. The van der Waals surface area contributed by atoms with Crippen molar-refractivity contribution in [2.75, 3.05) is 54.5 Å². The van der Waals surface area contributed by atoms with Gasteiger partial charge in [-0.25, -0.2) is 0 Å². The Kier molecular flexibility index (Phi) is 14.3. The third kappa shape index (κ3) is 11.2. The first-order valence-electron chi connectivity index (χ1n) is 20.4. The lowest BCUT2D eigenvalue weighted by Crippen LogP contribution is -2.31. The number of carbonyl (C=O) groups is 3. The van der Waals surface area contributed by atoms with E-state index in [0.717, 1.165) is 33.4 Å². The van der Waals surface area contributed by atoms with Gasteiger partial charge in [0.15, 0.2) is 5.76 Å². The highest BCUT2D eigenvalue weighted by atomic mass is 16.3. The number of nitrogens with one attached hydrogen (secondary N) is 6. The zero-order valence-corrected chi connectivity index (χ0v) is 34.8. The molecular formula is C44H48N14O5. The fourth-order valence-electron chi connectivity index (χ4n) is 6.59. The summed E-state index contributed by atoms with van der Waals surface area (Å²) >= 11 is 0. The van der Waals surface area contributed by atoms with Crippen LogP contribution in [0.25, 0.3) is 28.5 Å². The molecule has 5 heterocycles. The molecule has 9 N–H and O–H groups in total. The van der Waals surface area contributed by atoms with Crippen LogP contribution in [-0.2, 0) is 17.9 Å². The maximum absolute atomic E-state index is 13.3. The second-order valence-corrected chi connectivity index (χ2v) is 14.5. The molecule has 7 rings (SSSR count). The maximum atomic E-state index is 13.3. The summed E-state index contributed by atoms with van der Waals surface area (Å²) in [6.07, 6.45) is 5.67. The topological polar surface area (TPSA) is 265 Å². The van der Waals surface area contributed by atoms with Gasteiger partial charge in [0.05, 0.1) is 12.9 Å². The second kappa shape index (κ2) is 20.8. The Balaban J connectivity index is 0.827. The molecule has 19 heteroatoms. The van der Waals surface area contributed by atoms with E-state index in [1.165, 1.54) is 10.8 Å². The van der Waals surface area contributed by atoms with Crippen LogP contribution in [0.5, 0.6) is 0 Å². The molecule has 3 amide bonds. The van der Waals surface area contributed by atoms with E-state index < -0.39 is 0 Å². The zero-order chi connectivity index (χ0) is 44.1. The minimum absolute atomic E-state index is 0.0452. The number of amides is 3. The lowest BCUT2D eigenvalue weighted by molar-refractivity contribution is -0.121. The van der Waals surface area contributed by atoms with E-state index in [9.17, 15) is 14.4 Å². The van der Waals surface area contributed by atoms with Crippen molar-refractivity contribution in [1.82, 2.24) is 50.5 Å². The predicted octanol–water partition coefficient (Wildman–Crippen LogP) is 4.12. The summed E-state index contributed by atoms with van der Waals surface area (Å²) in [5.41, 5.74) is 13.2. The number of carbonyl (C=O) groups excluding carboxylic acids is 3. The molecule has 0 fully saturated rings. The summed E-state index contributed by atoms with van der Waals surface area (Å²) in [7, 11) is 0. The quantitative estimate of drug-likeness (QED) is 0.0502. The van der Waals surface area contributed by atoms with Gasteiger partial charge in [0.25, 0.3) is 17.6 Å². The molecular weight excluding hydrogens is 805 g/mol. The van der Waals surface area contributed by atoms with E-state index in [-0.39, 0.29) is 53.4 Å². The van der Waals surface area contributed by atoms with Crippen molar-refractivity contribution in [3.05, 3.63) is 125 Å². The number of aliphatic hydroxyl groups is 1. The highest BCUT2D eigenvalue weighted by Gasteiger charge is 2.17. The molecule has 324 valence electrons. The summed E-state index contributed by atoms with van der Waals surface area (Å²) in [5, 5.41) is 31.6. The molecule has 0 radical (unpaired) electrons. The summed E-state index contributed by atoms with van der Waals surface area (Å²) in [5.74, 6) is 0.749. The largest absolute Gasteiger partial charge is 0.461 e. The number of rotatable bonds is 20. The van der Waals surface area contributed by atoms with Crippen LogP contribution in [0.1, 0.15) is 56.1 Å². The summed E-state index contributed by atoms with van der Waals surface area (Å²) < 4.78 is 6.67. The van der Waals surface area contributed by atoms with E-state index in [4.69, 9.17) is 15.3 Å². The zero-order valence-electron chi connectivity index (χ0n) is 34.8. The Labute approximate surface area is 362 Å². The number of anilines is 4. The number of furan rings is 1. The van der Waals surface area contributed by atoms with E-state index >= 15 is 0 Å². The van der Waals surface area contributed by atoms with Crippen molar-refractivity contribution in [2.24, 2.45) is 0 Å². The molecule has 0 aliphatic carbocycles. The Morgan fingerprint density at radius 1 is 0.730 bits per heavy atom. The van der Waals surface area contributed by atoms with Crippen LogP contribution < -0.4 is 37.6 Å². The van der Waals surface area contributed by atoms with Gasteiger partial charge in [-0.2, -0.15) is 19.5 Å². The maximum Gasteiger partial charge on any atom is 0.274 e. The average Bonchev–Trinajstić information content (AvgIpc) is 3.99. The first-order valence-corrected chi connectivity index (χ1v) is 20.4. The number of aromatic nitrogens is 7. The highest BCUT2D eigenvalue weighted by Crippen LogP contribution is 2.34. The number of nitrogen functional groups attached to an aromatic ring is 1. The fraction of sp³-hybridized carbons (Fsp3) is 0.250. The molecule has 7 aromatic rings. The Hall–Kier alpha value is -7.61. The SMILES string of the molecule is Cc1c(NC(=O)c2ccc(CNCCO)cn2)cccc1-c1cccc(NC(=O)c2ccc(CNCCNC(=O)CCCNc3nc(N)n4nc(-c5ccco5)nc4n3)cn2)c1C. The molecule has 19 nitrogen and oxygen atoms in total. The lowest BCUT2D eigenvalue weighted by atomic mass is 9.94. The van der Waals surface area contributed by atoms with E-state index in [0.29, 0.717) is 75.1 Å². The van der Waals surface area contributed by atoms with Gasteiger partial charge in [0, 0.05) is 69.5 Å². The molecule has 0 bridgehead atoms. The van der Waals surface area contributed by atoms with Crippen molar-refractivity contribution < 1.29 is 23.9 Å². The van der Waals surface area contributed by atoms with Gasteiger partial charge in [-0.05, 0) is 90.0 Å². The van der Waals surface area contributed by atoms with Crippen LogP contribution in [-0.4, -0.2) is 90.1 Å². The molecule has 0 saturated carbocycles. The number of nitrogens with zero attached hydrogens (tertiary/aromatic N) is 7. The number of pyridine rings is 2. The van der Waals surface area contributed by atoms with Crippen molar-refractivity contribution in [1.29, 1.82) is 0 Å². The number of aliphatic hydroxyl groups excluding tert-OH is 1. The van der Waals surface area contributed by atoms with Gasteiger partial charge in [0.1, 0.15) is 11.4 Å². The highest BCUT2D eigenvalue weighted by molar-refractivity contribution is 6.05. The van der Waals surface area contributed by atoms with Crippen molar-refractivity contribution in [3.63, 3.8) is 0 Å². The van der Waals surface area contributed by atoms with Gasteiger partial charge < -0.3 is 47.2 Å². The molecule has 0 aliphatic rings. The third-order valence-corrected chi connectivity index (χ3v) is 9.98. The van der Waals surface area contributed by atoms with Gasteiger partial charge in [0.2, 0.25) is 23.6 Å². The molecule has 63 heavy (non-hydrogen) atoms. The molecule has 5 aromatic heterocycles. The normalized spacial score (nSPS) is 11.1. The fourth-order valence-corrected chi connectivity index (χ4v) is 6.59. The van der Waals surface area contributed by atoms with E-state index in [1.54, 1.807) is 36.7 Å². The number of hydrogen-bond acceptors (Lipinski definition) is 15. The van der Waals surface area contributed by atoms with Gasteiger partial charge >= 0.3 is 0 Å². The third-order valence-electron chi connectivity index (χ3n) is 9.98. The molecule has 0 saturated heterocycles. The van der Waals surface area contributed by atoms with Crippen LogP contribution in [0, 0.1) is 13.8 Å². The summed E-state index contributed by atoms with van der Waals surface area (Å²) in [6, 6.07) is 21.9. The van der Waals surface area contributed by atoms with Crippen molar-refractivity contribution in [2.45, 2.75) is 39.8 Å². The van der Waals surface area contributed by atoms with Crippen LogP contribution >= 0.6 is 0 Å². The van der Waals surface area contributed by atoms with E-state index in [1.807, 2.05) is 62.4 Å². The standard InChI is InChI=1S/C44H48N14O5/c1-27-31(32-8-4-10-34(28(32)2)53-41(62)36-16-14-30(26-51-36)24-47-20-21-59)7-3-9-33(27)52-40(61)35-15-13-29(25-50-35)23-46-18-19-48-38(60)12-5-17-49-43-55-42(45)58-44(56-43)54-39(57-58)37-11-6-22-63-37/h3-4,6-11,13-16,22,25-26,46-47,59H,5,12,17-21,23-24H2,1-2H3,(H,48,60)(H,52,61)(H,53,62)(H3,45,49,54,55,56,57). The molecule has 0 unspecified atom stereocenters. The predicted molar refractivity (Wildman–Crippen MR) is 238 cm³/mol. The molecule has 0 atom stereocenters. The molecule has 0 spiro atoms.